The number of H-pyrrole nitrogens is 1. The van der Waals surface area contributed by atoms with Crippen LogP contribution in [0.5, 0.6) is 0 Å². The Morgan fingerprint density at radius 2 is 2.00 bits per heavy atom. The van der Waals surface area contributed by atoms with Crippen LogP contribution in [0.4, 0.5) is 0 Å². The van der Waals surface area contributed by atoms with Crippen LogP contribution in [0, 0.1) is 6.92 Å². The molecule has 0 unspecified atom stereocenters. The fourth-order valence-electron chi connectivity index (χ4n) is 4.33. The summed E-state index contributed by atoms with van der Waals surface area (Å²) in [5.41, 5.74) is 3.76. The number of hydrogen-bond donors (Lipinski definition) is 1. The molecule has 5 rings (SSSR count). The van der Waals surface area contributed by atoms with Crippen molar-refractivity contribution in [3.05, 3.63) is 51.3 Å². The lowest BCUT2D eigenvalue weighted by Gasteiger charge is -2.12. The molecule has 1 fully saturated rings. The van der Waals surface area contributed by atoms with Gasteiger partial charge in [-0.05, 0) is 69.6 Å². The standard InChI is InChI=1S/C22H24N4OS/c1-3-26-18-12-15(19-9-7-16(28-19)13-25-10-4-5-11-25)6-8-17(18)21-20(22(26)27)14(2)23-24-21/h6-9,12H,3-5,10-11,13H2,1-2H3,(H,23,24). The molecule has 1 aliphatic heterocycles. The van der Waals surface area contributed by atoms with E-state index in [1.165, 1.54) is 41.2 Å². The monoisotopic (exact) mass is 392 g/mol. The predicted octanol–water partition coefficient (Wildman–Crippen LogP) is 4.53. The molecule has 5 nitrogen and oxygen atoms in total. The molecule has 0 aliphatic carbocycles. The fraction of sp³-hybridized carbons (Fsp3) is 0.364. The molecule has 1 aromatic carbocycles. The molecule has 0 spiro atoms. The molecular weight excluding hydrogens is 368 g/mol. The molecule has 0 radical (unpaired) electrons. The van der Waals surface area contributed by atoms with Crippen molar-refractivity contribution in [2.75, 3.05) is 13.1 Å². The molecule has 0 bridgehead atoms. The Bertz CT molecular complexity index is 1230. The third-order valence-electron chi connectivity index (χ3n) is 5.79. The van der Waals surface area contributed by atoms with E-state index >= 15 is 0 Å². The van der Waals surface area contributed by atoms with E-state index in [-0.39, 0.29) is 5.56 Å². The fourth-order valence-corrected chi connectivity index (χ4v) is 5.38. The molecule has 0 atom stereocenters. The lowest BCUT2D eigenvalue weighted by Crippen LogP contribution is -2.20. The average molecular weight is 393 g/mol. The average Bonchev–Trinajstić information content (AvgIpc) is 3.44. The van der Waals surface area contributed by atoms with Crippen LogP contribution in [0.25, 0.3) is 32.2 Å². The Balaban J connectivity index is 1.61. The van der Waals surface area contributed by atoms with Crippen molar-refractivity contribution in [3.63, 3.8) is 0 Å². The molecule has 1 saturated heterocycles. The maximum atomic E-state index is 13.0. The van der Waals surface area contributed by atoms with Crippen LogP contribution in [-0.2, 0) is 13.1 Å². The van der Waals surface area contributed by atoms with Gasteiger partial charge in [-0.25, -0.2) is 0 Å². The second-order valence-corrected chi connectivity index (χ2v) is 8.77. The Kier molecular flexibility index (Phi) is 4.33. The van der Waals surface area contributed by atoms with Gasteiger partial charge in [0.15, 0.2) is 0 Å². The molecule has 0 saturated carbocycles. The number of benzene rings is 1. The first-order valence-corrected chi connectivity index (χ1v) is 10.8. The summed E-state index contributed by atoms with van der Waals surface area (Å²) in [5.74, 6) is 0. The minimum atomic E-state index is 0.0364. The van der Waals surface area contributed by atoms with E-state index in [0.29, 0.717) is 11.9 Å². The second-order valence-electron chi connectivity index (χ2n) is 7.60. The summed E-state index contributed by atoms with van der Waals surface area (Å²) in [5, 5.41) is 9.11. The largest absolute Gasteiger partial charge is 0.308 e. The number of pyridine rings is 1. The highest BCUT2D eigenvalue weighted by molar-refractivity contribution is 7.15. The zero-order chi connectivity index (χ0) is 19.3. The van der Waals surface area contributed by atoms with Crippen LogP contribution >= 0.6 is 11.3 Å². The summed E-state index contributed by atoms with van der Waals surface area (Å²) in [6, 6.07) is 10.9. The molecule has 4 heterocycles. The summed E-state index contributed by atoms with van der Waals surface area (Å²) in [4.78, 5) is 18.2. The quantitative estimate of drug-likeness (QED) is 0.555. The Morgan fingerprint density at radius 3 is 2.79 bits per heavy atom. The van der Waals surface area contributed by atoms with Crippen LogP contribution in [0.2, 0.25) is 0 Å². The number of likely N-dealkylation sites (tertiary alicyclic amines) is 1. The molecular formula is C22H24N4OS. The van der Waals surface area contributed by atoms with Crippen molar-refractivity contribution in [3.8, 4) is 10.4 Å². The van der Waals surface area contributed by atoms with Gasteiger partial charge in [-0.2, -0.15) is 5.10 Å². The molecule has 144 valence electrons. The van der Waals surface area contributed by atoms with Gasteiger partial charge in [-0.15, -0.1) is 11.3 Å². The first-order valence-electron chi connectivity index (χ1n) is 9.98. The van der Waals surface area contributed by atoms with Gasteiger partial charge in [0.25, 0.3) is 5.56 Å². The highest BCUT2D eigenvalue weighted by Gasteiger charge is 2.16. The van der Waals surface area contributed by atoms with Crippen LogP contribution in [0.1, 0.15) is 30.3 Å². The normalized spacial score (nSPS) is 15.2. The van der Waals surface area contributed by atoms with Crippen molar-refractivity contribution in [2.45, 2.75) is 39.8 Å². The third-order valence-corrected chi connectivity index (χ3v) is 6.91. The highest BCUT2D eigenvalue weighted by atomic mass is 32.1. The van der Waals surface area contributed by atoms with Crippen molar-refractivity contribution in [2.24, 2.45) is 0 Å². The zero-order valence-electron chi connectivity index (χ0n) is 16.3. The number of aryl methyl sites for hydroxylation is 2. The van der Waals surface area contributed by atoms with Gasteiger partial charge in [0, 0.05) is 33.9 Å². The van der Waals surface area contributed by atoms with Gasteiger partial charge in [0.2, 0.25) is 0 Å². The van der Waals surface area contributed by atoms with Gasteiger partial charge in [-0.1, -0.05) is 6.07 Å². The Morgan fingerprint density at radius 1 is 1.18 bits per heavy atom. The SMILES string of the molecule is CCn1c(=O)c2c(C)[nH]nc2c2ccc(-c3ccc(CN4CCCC4)s3)cc21. The number of nitrogens with zero attached hydrogens (tertiary/aromatic N) is 3. The lowest BCUT2D eigenvalue weighted by molar-refractivity contribution is 0.334. The topological polar surface area (TPSA) is 53.9 Å². The van der Waals surface area contributed by atoms with Gasteiger partial charge in [0.05, 0.1) is 10.9 Å². The summed E-state index contributed by atoms with van der Waals surface area (Å²) < 4.78 is 1.86. The van der Waals surface area contributed by atoms with Crippen LogP contribution < -0.4 is 5.56 Å². The van der Waals surface area contributed by atoms with Crippen LogP contribution in [0.15, 0.2) is 35.1 Å². The summed E-state index contributed by atoms with van der Waals surface area (Å²) in [6.07, 6.45) is 2.64. The first-order chi connectivity index (χ1) is 13.7. The molecule has 1 aliphatic rings. The Labute approximate surface area is 167 Å². The van der Waals surface area contributed by atoms with Crippen LogP contribution in [-0.4, -0.2) is 32.8 Å². The van der Waals surface area contributed by atoms with Crippen molar-refractivity contribution >= 4 is 33.1 Å². The van der Waals surface area contributed by atoms with E-state index in [1.54, 1.807) is 0 Å². The number of hydrogen-bond acceptors (Lipinski definition) is 4. The number of fused-ring (bicyclic) bond motifs is 3. The van der Waals surface area contributed by atoms with E-state index in [9.17, 15) is 4.79 Å². The molecule has 3 aromatic heterocycles. The van der Waals surface area contributed by atoms with E-state index in [0.717, 1.165) is 28.7 Å². The molecule has 28 heavy (non-hydrogen) atoms. The molecule has 4 aromatic rings. The van der Waals surface area contributed by atoms with Crippen molar-refractivity contribution in [1.82, 2.24) is 19.7 Å². The maximum Gasteiger partial charge on any atom is 0.262 e. The van der Waals surface area contributed by atoms with Gasteiger partial charge < -0.3 is 4.57 Å². The molecule has 6 heteroatoms. The summed E-state index contributed by atoms with van der Waals surface area (Å²) >= 11 is 1.86. The predicted molar refractivity (Wildman–Crippen MR) is 116 cm³/mol. The zero-order valence-corrected chi connectivity index (χ0v) is 17.1. The summed E-state index contributed by atoms with van der Waals surface area (Å²) in [6.45, 7) is 8.05. The maximum absolute atomic E-state index is 13.0. The van der Waals surface area contributed by atoms with Crippen molar-refractivity contribution < 1.29 is 0 Å². The van der Waals surface area contributed by atoms with Crippen LogP contribution in [0.3, 0.4) is 0 Å². The summed E-state index contributed by atoms with van der Waals surface area (Å²) in [7, 11) is 0. The van der Waals surface area contributed by atoms with E-state index in [1.807, 2.05) is 29.8 Å². The minimum absolute atomic E-state index is 0.0364. The number of thiophene rings is 1. The number of rotatable bonds is 4. The first kappa shape index (κ1) is 17.6. The second kappa shape index (κ2) is 6.87. The molecule has 1 N–H and O–H groups in total. The van der Waals surface area contributed by atoms with Crippen molar-refractivity contribution in [1.29, 1.82) is 0 Å². The minimum Gasteiger partial charge on any atom is -0.308 e. The van der Waals surface area contributed by atoms with E-state index in [4.69, 9.17) is 0 Å². The van der Waals surface area contributed by atoms with E-state index in [2.05, 4.69) is 45.4 Å². The molecule has 0 amide bonds. The number of aromatic amines is 1. The number of nitrogens with one attached hydrogen (secondary N) is 1. The smallest absolute Gasteiger partial charge is 0.262 e. The lowest BCUT2D eigenvalue weighted by atomic mass is 10.1. The van der Waals surface area contributed by atoms with Gasteiger partial charge in [-0.3, -0.25) is 14.8 Å². The Hall–Kier alpha value is -2.44. The van der Waals surface area contributed by atoms with E-state index < -0.39 is 0 Å². The van der Waals surface area contributed by atoms with Gasteiger partial charge >= 0.3 is 0 Å². The van der Waals surface area contributed by atoms with Gasteiger partial charge in [0.1, 0.15) is 5.52 Å². The third kappa shape index (κ3) is 2.79. The number of aromatic nitrogens is 3. The highest BCUT2D eigenvalue weighted by Crippen LogP contribution is 2.33.